The van der Waals surface area contributed by atoms with Crippen molar-refractivity contribution in [3.05, 3.63) is 92.8 Å². The maximum atomic E-state index is 14.5. The highest BCUT2D eigenvalue weighted by Crippen LogP contribution is 2.40. The second-order valence-electron chi connectivity index (χ2n) is 12.3. The van der Waals surface area contributed by atoms with Gasteiger partial charge in [-0.2, -0.15) is 13.2 Å². The van der Waals surface area contributed by atoms with Crippen molar-refractivity contribution in [1.29, 1.82) is 0 Å². The van der Waals surface area contributed by atoms with Crippen molar-refractivity contribution >= 4 is 16.9 Å². The van der Waals surface area contributed by atoms with Crippen LogP contribution in [0, 0.1) is 25.7 Å². The van der Waals surface area contributed by atoms with Gasteiger partial charge in [0.2, 0.25) is 11.2 Å². The van der Waals surface area contributed by atoms with E-state index in [1.807, 2.05) is 13.8 Å². The van der Waals surface area contributed by atoms with Crippen LogP contribution in [0.2, 0.25) is 0 Å². The smallest absolute Gasteiger partial charge is 0.453 e. The molecule has 0 spiro atoms. The van der Waals surface area contributed by atoms with Crippen molar-refractivity contribution in [1.82, 2.24) is 0 Å². The molecule has 7 nitrogen and oxygen atoms in total. The van der Waals surface area contributed by atoms with E-state index in [1.165, 1.54) is 18.2 Å². The van der Waals surface area contributed by atoms with Crippen molar-refractivity contribution in [2.45, 2.75) is 61.2 Å². The predicted octanol–water partition coefficient (Wildman–Crippen LogP) is 7.54. The highest BCUT2D eigenvalue weighted by molar-refractivity contribution is 5.92. The van der Waals surface area contributed by atoms with Crippen LogP contribution in [0.5, 0.6) is 23.0 Å². The number of hydrogen-bond donors (Lipinski definition) is 1. The van der Waals surface area contributed by atoms with Crippen LogP contribution in [-0.4, -0.2) is 25.7 Å². The number of fused-ring (bicyclic) bond motifs is 1. The number of esters is 1. The van der Waals surface area contributed by atoms with E-state index < -0.39 is 29.1 Å². The summed E-state index contributed by atoms with van der Waals surface area (Å²) in [6.07, 6.45) is -5.06. The number of quaternary nitrogens is 1. The van der Waals surface area contributed by atoms with Crippen LogP contribution >= 0.6 is 0 Å². The van der Waals surface area contributed by atoms with Gasteiger partial charge >= 0.3 is 12.1 Å². The van der Waals surface area contributed by atoms with Gasteiger partial charge in [0.1, 0.15) is 23.8 Å². The van der Waals surface area contributed by atoms with Crippen molar-refractivity contribution in [3.63, 3.8) is 0 Å². The Morgan fingerprint density at radius 2 is 1.52 bits per heavy atom. The van der Waals surface area contributed by atoms with Gasteiger partial charge in [-0.25, -0.2) is 4.79 Å². The zero-order valence-corrected chi connectivity index (χ0v) is 27.3. The number of ether oxygens (including phenoxy) is 3. The molecule has 0 bridgehead atoms. The van der Waals surface area contributed by atoms with E-state index in [2.05, 4.69) is 27.7 Å². The number of nitrogens with one attached hydrogen (secondary N) is 1. The first kappa shape index (κ1) is 34.6. The number of alkyl halides is 3. The van der Waals surface area contributed by atoms with E-state index in [9.17, 15) is 22.8 Å². The maximum Gasteiger partial charge on any atom is 0.453 e. The molecule has 46 heavy (non-hydrogen) atoms. The average molecular weight is 641 g/mol. The topological polar surface area (TPSA) is 79.4 Å². The standard InChI is InChI=1S/C36H40F3NO6/c1-8-43-26-13-10-25(11-14-26)35(42)45-30-16-15-28-31(41)33(44-27-12-9-23(6)24(7)17-27)34(36(37,38)39)46-32(28)29(30)20-40(18-21(2)3)19-22(4)5/h9-17,21-22H,8,18-20H2,1-7H3/p+1. The van der Waals surface area contributed by atoms with Gasteiger partial charge in [-0.15, -0.1) is 0 Å². The van der Waals surface area contributed by atoms with Crippen LogP contribution in [0.15, 0.2) is 63.8 Å². The minimum Gasteiger partial charge on any atom is -0.494 e. The molecule has 1 heterocycles. The summed E-state index contributed by atoms with van der Waals surface area (Å²) in [5, 5.41) is -0.115. The van der Waals surface area contributed by atoms with E-state index in [0.717, 1.165) is 16.0 Å². The number of rotatable bonds is 12. The minimum atomic E-state index is -5.06. The molecular formula is C36H41F3NO6+. The molecule has 0 aliphatic carbocycles. The Hall–Kier alpha value is -4.31. The van der Waals surface area contributed by atoms with E-state index >= 15 is 0 Å². The van der Waals surface area contributed by atoms with Gasteiger partial charge in [0.15, 0.2) is 5.58 Å². The lowest BCUT2D eigenvalue weighted by Crippen LogP contribution is -3.11. The maximum absolute atomic E-state index is 14.5. The van der Waals surface area contributed by atoms with Crippen molar-refractivity contribution in [3.8, 4) is 23.0 Å². The fourth-order valence-electron chi connectivity index (χ4n) is 5.36. The van der Waals surface area contributed by atoms with Crippen molar-refractivity contribution < 1.29 is 41.5 Å². The molecule has 0 aliphatic rings. The molecule has 4 rings (SSSR count). The summed E-state index contributed by atoms with van der Waals surface area (Å²) < 4.78 is 66.1. The van der Waals surface area contributed by atoms with Gasteiger partial charge in [0.25, 0.3) is 5.76 Å². The lowest BCUT2D eigenvalue weighted by atomic mass is 10.1. The molecule has 0 atom stereocenters. The normalized spacial score (nSPS) is 11.9. The SMILES string of the molecule is CCOc1ccc(C(=O)Oc2ccc3c(=O)c(Oc4ccc(C)c(C)c4)c(C(F)(F)F)oc3c2C[NH+](CC(C)C)CC(C)C)cc1. The van der Waals surface area contributed by atoms with Gasteiger partial charge in [0, 0.05) is 11.8 Å². The molecule has 0 saturated carbocycles. The highest BCUT2D eigenvalue weighted by Gasteiger charge is 2.41. The molecule has 3 aromatic carbocycles. The Morgan fingerprint density at radius 3 is 2.09 bits per heavy atom. The van der Waals surface area contributed by atoms with Gasteiger partial charge in [-0.05, 0) is 80.4 Å². The van der Waals surface area contributed by atoms with Crippen LogP contribution in [0.3, 0.4) is 0 Å². The Labute approximate surface area is 266 Å². The summed E-state index contributed by atoms with van der Waals surface area (Å²) in [6.45, 7) is 15.7. The fraction of sp³-hybridized carbons (Fsp3) is 0.389. The monoisotopic (exact) mass is 640 g/mol. The van der Waals surface area contributed by atoms with Gasteiger partial charge < -0.3 is 23.5 Å². The first-order valence-electron chi connectivity index (χ1n) is 15.4. The molecule has 0 saturated heterocycles. The molecule has 0 aliphatic heterocycles. The van der Waals surface area contributed by atoms with Gasteiger partial charge in [0.05, 0.1) is 36.2 Å². The third-order valence-electron chi connectivity index (χ3n) is 7.46. The van der Waals surface area contributed by atoms with Crippen molar-refractivity contribution in [2.24, 2.45) is 11.8 Å². The number of carbonyl (C=O) groups excluding carboxylic acids is 1. The number of hydrogen-bond acceptors (Lipinski definition) is 6. The number of halogens is 3. The quantitative estimate of drug-likeness (QED) is 0.127. The molecule has 1 N–H and O–H groups in total. The van der Waals surface area contributed by atoms with Crippen LogP contribution < -0.4 is 24.5 Å². The van der Waals surface area contributed by atoms with E-state index in [0.29, 0.717) is 25.4 Å². The van der Waals surface area contributed by atoms with Crippen LogP contribution in [0.1, 0.15) is 67.4 Å². The first-order chi connectivity index (χ1) is 21.7. The van der Waals surface area contributed by atoms with Crippen LogP contribution in [0.25, 0.3) is 11.0 Å². The van der Waals surface area contributed by atoms with Crippen LogP contribution in [-0.2, 0) is 12.7 Å². The molecule has 246 valence electrons. The lowest BCUT2D eigenvalue weighted by molar-refractivity contribution is -0.919. The lowest BCUT2D eigenvalue weighted by Gasteiger charge is -2.25. The molecule has 0 radical (unpaired) electrons. The highest BCUT2D eigenvalue weighted by atomic mass is 19.4. The predicted molar refractivity (Wildman–Crippen MR) is 170 cm³/mol. The number of aryl methyl sites for hydroxylation is 2. The molecule has 4 aromatic rings. The van der Waals surface area contributed by atoms with E-state index in [1.54, 1.807) is 43.3 Å². The van der Waals surface area contributed by atoms with Gasteiger partial charge in [-0.1, -0.05) is 33.8 Å². The number of benzene rings is 3. The summed E-state index contributed by atoms with van der Waals surface area (Å²) in [6, 6.07) is 13.8. The summed E-state index contributed by atoms with van der Waals surface area (Å²) in [4.78, 5) is 28.1. The van der Waals surface area contributed by atoms with Gasteiger partial charge in [-0.3, -0.25) is 4.79 Å². The minimum absolute atomic E-state index is 0.00972. The molecule has 0 unspecified atom stereocenters. The van der Waals surface area contributed by atoms with Crippen LogP contribution in [0.4, 0.5) is 13.2 Å². The van der Waals surface area contributed by atoms with Crippen molar-refractivity contribution in [2.75, 3.05) is 19.7 Å². The number of carbonyl (C=O) groups is 1. The molecule has 1 aromatic heterocycles. The first-order valence-corrected chi connectivity index (χ1v) is 15.4. The third kappa shape index (κ3) is 8.28. The van der Waals surface area contributed by atoms with E-state index in [-0.39, 0.29) is 52.0 Å². The second kappa shape index (κ2) is 14.4. The largest absolute Gasteiger partial charge is 0.494 e. The summed E-state index contributed by atoms with van der Waals surface area (Å²) in [5.74, 6) is -2.06. The van der Waals surface area contributed by atoms with E-state index in [4.69, 9.17) is 18.6 Å². The summed E-state index contributed by atoms with van der Waals surface area (Å²) in [5.41, 5.74) is 0.834. The Balaban J connectivity index is 1.90. The Morgan fingerprint density at radius 1 is 0.891 bits per heavy atom. The summed E-state index contributed by atoms with van der Waals surface area (Å²) in [7, 11) is 0. The molecule has 0 fully saturated rings. The zero-order valence-electron chi connectivity index (χ0n) is 27.3. The molecular weight excluding hydrogens is 599 g/mol. The molecule has 0 amide bonds. The zero-order chi connectivity index (χ0) is 33.8. The third-order valence-corrected chi connectivity index (χ3v) is 7.46. The molecule has 10 heteroatoms. The Kier molecular flexibility index (Phi) is 10.8. The fourth-order valence-corrected chi connectivity index (χ4v) is 5.36. The average Bonchev–Trinajstić information content (AvgIpc) is 2.96. The second-order valence-corrected chi connectivity index (χ2v) is 12.3. The summed E-state index contributed by atoms with van der Waals surface area (Å²) >= 11 is 0. The Bertz CT molecular complexity index is 1730.